The Morgan fingerprint density at radius 3 is 2.65 bits per heavy atom. The van der Waals surface area contributed by atoms with Crippen LogP contribution in [0.4, 0.5) is 4.39 Å². The predicted octanol–water partition coefficient (Wildman–Crippen LogP) is 3.86. The lowest BCUT2D eigenvalue weighted by Crippen LogP contribution is -2.24. The Morgan fingerprint density at radius 2 is 2.06 bits per heavy atom. The number of hydrogen-bond donors (Lipinski definition) is 0. The van der Waals surface area contributed by atoms with Crippen molar-refractivity contribution in [3.63, 3.8) is 0 Å². The minimum atomic E-state index is -0.493. The van der Waals surface area contributed by atoms with E-state index in [1.807, 2.05) is 20.8 Å². The van der Waals surface area contributed by atoms with E-state index in [4.69, 9.17) is 4.74 Å². The number of ether oxygens (including phenoxy) is 1. The molecule has 0 atom stereocenters. The molecule has 0 saturated carbocycles. The molecule has 4 heteroatoms. The first-order valence-electron chi connectivity index (χ1n) is 5.44. The Morgan fingerprint density at radius 1 is 1.41 bits per heavy atom. The zero-order chi connectivity index (χ0) is 13.1. The van der Waals surface area contributed by atoms with Crippen LogP contribution < -0.4 is 0 Å². The number of esters is 1. The summed E-state index contributed by atoms with van der Waals surface area (Å²) in [6, 6.07) is 4.69. The summed E-state index contributed by atoms with van der Waals surface area (Å²) in [5, 5.41) is 0. The van der Waals surface area contributed by atoms with Crippen LogP contribution in [-0.4, -0.2) is 11.6 Å². The molecule has 0 unspecified atom stereocenters. The first kappa shape index (κ1) is 14.2. The number of halogens is 2. The average molecular weight is 303 g/mol. The smallest absolute Gasteiger partial charge is 0.306 e. The third-order valence-corrected chi connectivity index (χ3v) is 2.52. The van der Waals surface area contributed by atoms with E-state index in [2.05, 4.69) is 15.9 Å². The molecule has 1 rings (SSSR count). The lowest BCUT2D eigenvalue weighted by Gasteiger charge is -2.19. The first-order chi connectivity index (χ1) is 7.78. The summed E-state index contributed by atoms with van der Waals surface area (Å²) in [6.45, 7) is 5.43. The molecular weight excluding hydrogens is 287 g/mol. The Hall–Kier alpha value is -0.900. The van der Waals surface area contributed by atoms with E-state index in [0.29, 0.717) is 12.0 Å². The van der Waals surface area contributed by atoms with Gasteiger partial charge >= 0.3 is 5.97 Å². The fourth-order valence-electron chi connectivity index (χ4n) is 1.36. The topological polar surface area (TPSA) is 26.3 Å². The number of carbonyl (C=O) groups excluding carboxylic acids is 1. The van der Waals surface area contributed by atoms with Crippen LogP contribution in [-0.2, 0) is 16.0 Å². The molecule has 0 aliphatic rings. The van der Waals surface area contributed by atoms with Crippen LogP contribution in [0.1, 0.15) is 32.8 Å². The minimum Gasteiger partial charge on any atom is -0.460 e. The molecule has 0 amide bonds. The molecule has 0 bridgehead atoms. The van der Waals surface area contributed by atoms with Crippen LogP contribution in [0, 0.1) is 5.82 Å². The highest BCUT2D eigenvalue weighted by Gasteiger charge is 2.16. The lowest BCUT2D eigenvalue weighted by atomic mass is 10.1. The fraction of sp³-hybridized carbons (Fsp3) is 0.462. The van der Waals surface area contributed by atoms with Crippen molar-refractivity contribution in [3.8, 4) is 0 Å². The van der Waals surface area contributed by atoms with Crippen molar-refractivity contribution in [3.05, 3.63) is 34.1 Å². The summed E-state index contributed by atoms with van der Waals surface area (Å²) in [6.07, 6.45) is 0.533. The second-order valence-electron chi connectivity index (χ2n) is 4.82. The Bertz CT molecular complexity index is 410. The molecule has 94 valence electrons. The van der Waals surface area contributed by atoms with Crippen LogP contribution in [0.2, 0.25) is 0 Å². The van der Waals surface area contributed by atoms with Crippen molar-refractivity contribution in [2.24, 2.45) is 0 Å². The lowest BCUT2D eigenvalue weighted by molar-refractivity contribution is -0.154. The van der Waals surface area contributed by atoms with E-state index in [1.54, 1.807) is 12.1 Å². The second kappa shape index (κ2) is 5.63. The van der Waals surface area contributed by atoms with Crippen molar-refractivity contribution >= 4 is 21.9 Å². The van der Waals surface area contributed by atoms with E-state index in [1.165, 1.54) is 6.07 Å². The van der Waals surface area contributed by atoms with Gasteiger partial charge in [0, 0.05) is 10.9 Å². The summed E-state index contributed by atoms with van der Waals surface area (Å²) in [5.74, 6) is -0.603. The Labute approximate surface area is 109 Å². The van der Waals surface area contributed by atoms with Crippen LogP contribution in [0.5, 0.6) is 0 Å². The molecular formula is C13H16BrFO2. The molecule has 1 aromatic carbocycles. The Balaban J connectivity index is 2.56. The molecule has 0 saturated heterocycles. The van der Waals surface area contributed by atoms with Crippen LogP contribution in [0.15, 0.2) is 22.7 Å². The predicted molar refractivity (Wildman–Crippen MR) is 68.3 cm³/mol. The molecule has 0 spiro atoms. The van der Waals surface area contributed by atoms with Gasteiger partial charge in [0.15, 0.2) is 0 Å². The molecule has 0 fully saturated rings. The van der Waals surface area contributed by atoms with Gasteiger partial charge in [0.1, 0.15) is 11.4 Å². The van der Waals surface area contributed by atoms with Gasteiger partial charge in [-0.3, -0.25) is 4.79 Å². The summed E-state index contributed by atoms with van der Waals surface area (Å²) in [7, 11) is 0. The average Bonchev–Trinajstić information content (AvgIpc) is 2.17. The quantitative estimate of drug-likeness (QED) is 0.793. The minimum absolute atomic E-state index is 0.185. The third-order valence-electron chi connectivity index (χ3n) is 2.03. The van der Waals surface area contributed by atoms with E-state index >= 15 is 0 Å². The van der Waals surface area contributed by atoms with E-state index in [0.717, 1.165) is 4.47 Å². The summed E-state index contributed by atoms with van der Waals surface area (Å²) in [4.78, 5) is 11.5. The van der Waals surface area contributed by atoms with Gasteiger partial charge in [0.2, 0.25) is 0 Å². The maximum Gasteiger partial charge on any atom is 0.306 e. The normalized spacial score (nSPS) is 11.4. The molecule has 2 nitrogen and oxygen atoms in total. The highest BCUT2D eigenvalue weighted by atomic mass is 79.9. The molecule has 0 aliphatic heterocycles. The zero-order valence-electron chi connectivity index (χ0n) is 10.2. The van der Waals surface area contributed by atoms with Gasteiger partial charge in [-0.25, -0.2) is 4.39 Å². The Kier molecular flexibility index (Phi) is 4.69. The van der Waals surface area contributed by atoms with Crippen LogP contribution in [0.25, 0.3) is 0 Å². The van der Waals surface area contributed by atoms with Crippen molar-refractivity contribution in [1.29, 1.82) is 0 Å². The maximum absolute atomic E-state index is 13.4. The van der Waals surface area contributed by atoms with Gasteiger partial charge < -0.3 is 4.74 Å². The van der Waals surface area contributed by atoms with Crippen LogP contribution in [0.3, 0.4) is 0 Å². The second-order valence-corrected chi connectivity index (χ2v) is 5.74. The van der Waals surface area contributed by atoms with E-state index in [-0.39, 0.29) is 18.2 Å². The summed E-state index contributed by atoms with van der Waals surface area (Å²) in [5.41, 5.74) is 0.0256. The van der Waals surface area contributed by atoms with Crippen molar-refractivity contribution in [2.45, 2.75) is 39.2 Å². The zero-order valence-corrected chi connectivity index (χ0v) is 11.8. The molecule has 0 aromatic heterocycles. The number of rotatable bonds is 3. The van der Waals surface area contributed by atoms with Crippen molar-refractivity contribution in [1.82, 2.24) is 0 Å². The molecule has 0 heterocycles. The van der Waals surface area contributed by atoms with Crippen LogP contribution >= 0.6 is 15.9 Å². The summed E-state index contributed by atoms with van der Waals surface area (Å²) < 4.78 is 19.3. The van der Waals surface area contributed by atoms with Gasteiger partial charge in [0.25, 0.3) is 0 Å². The third kappa shape index (κ3) is 5.31. The first-order valence-corrected chi connectivity index (χ1v) is 6.23. The molecule has 0 N–H and O–H groups in total. The van der Waals surface area contributed by atoms with Gasteiger partial charge in [-0.1, -0.05) is 15.9 Å². The monoisotopic (exact) mass is 302 g/mol. The SMILES string of the molecule is CC(C)(C)OC(=O)CCc1cc(Br)ccc1F. The number of carbonyl (C=O) groups is 1. The maximum atomic E-state index is 13.4. The summed E-state index contributed by atoms with van der Waals surface area (Å²) >= 11 is 3.27. The molecule has 0 aliphatic carbocycles. The van der Waals surface area contributed by atoms with Gasteiger partial charge in [-0.2, -0.15) is 0 Å². The van der Waals surface area contributed by atoms with Gasteiger partial charge in [0.05, 0.1) is 0 Å². The van der Waals surface area contributed by atoms with E-state index in [9.17, 15) is 9.18 Å². The standard InChI is InChI=1S/C13H16BrFO2/c1-13(2,3)17-12(16)7-4-9-8-10(14)5-6-11(9)15/h5-6,8H,4,7H2,1-3H3. The molecule has 0 radical (unpaired) electrons. The van der Waals surface area contributed by atoms with Crippen molar-refractivity contribution < 1.29 is 13.9 Å². The van der Waals surface area contributed by atoms with Gasteiger partial charge in [-0.05, 0) is 51.0 Å². The highest BCUT2D eigenvalue weighted by Crippen LogP contribution is 2.17. The highest BCUT2D eigenvalue weighted by molar-refractivity contribution is 9.10. The number of hydrogen-bond acceptors (Lipinski definition) is 2. The fourth-order valence-corrected chi connectivity index (χ4v) is 1.77. The number of aryl methyl sites for hydroxylation is 1. The largest absolute Gasteiger partial charge is 0.460 e. The molecule has 1 aromatic rings. The number of benzene rings is 1. The van der Waals surface area contributed by atoms with Crippen molar-refractivity contribution in [2.75, 3.05) is 0 Å². The molecule has 17 heavy (non-hydrogen) atoms. The van der Waals surface area contributed by atoms with E-state index < -0.39 is 5.60 Å². The van der Waals surface area contributed by atoms with Gasteiger partial charge in [-0.15, -0.1) is 0 Å².